The molecule has 1 atom stereocenters. The van der Waals surface area contributed by atoms with Crippen molar-refractivity contribution in [3.05, 3.63) is 101 Å². The van der Waals surface area contributed by atoms with Crippen LogP contribution >= 0.6 is 0 Å². The molecular weight excluding hydrogens is 362 g/mol. The molecule has 1 aliphatic carbocycles. The molecular formula is C29H35N. The Balaban J connectivity index is 2.03. The molecule has 30 heavy (non-hydrogen) atoms. The van der Waals surface area contributed by atoms with E-state index in [4.69, 9.17) is 0 Å². The molecule has 3 rings (SSSR count). The van der Waals surface area contributed by atoms with Crippen LogP contribution in [0.2, 0.25) is 0 Å². The monoisotopic (exact) mass is 397 g/mol. The second-order valence-corrected chi connectivity index (χ2v) is 8.25. The highest BCUT2D eigenvalue weighted by molar-refractivity contribution is 5.84. The molecule has 0 spiro atoms. The summed E-state index contributed by atoms with van der Waals surface area (Å²) in [6.45, 7) is 17.3. The summed E-state index contributed by atoms with van der Waals surface area (Å²) in [7, 11) is 0. The van der Waals surface area contributed by atoms with Crippen molar-refractivity contribution in [2.24, 2.45) is 0 Å². The largest absolute Gasteiger partial charge is 0.355 e. The normalized spacial score (nSPS) is 14.2. The number of benzene rings is 2. The molecule has 1 aliphatic rings. The minimum Gasteiger partial charge on any atom is -0.355 e. The number of nitrogens with one attached hydrogen (secondary N) is 1. The molecule has 0 radical (unpaired) electrons. The molecule has 0 aromatic heterocycles. The van der Waals surface area contributed by atoms with Gasteiger partial charge in [-0.15, -0.1) is 0 Å². The van der Waals surface area contributed by atoms with Crippen LogP contribution in [0.1, 0.15) is 73.8 Å². The van der Waals surface area contributed by atoms with Crippen molar-refractivity contribution in [2.45, 2.75) is 59.3 Å². The van der Waals surface area contributed by atoms with E-state index in [1.807, 2.05) is 6.92 Å². The van der Waals surface area contributed by atoms with Crippen molar-refractivity contribution in [2.75, 3.05) is 5.32 Å². The quantitative estimate of drug-likeness (QED) is 0.471. The van der Waals surface area contributed by atoms with Gasteiger partial charge < -0.3 is 5.32 Å². The Labute approximate surface area is 182 Å². The second kappa shape index (κ2) is 9.80. The number of hydrogen-bond donors (Lipinski definition) is 1. The van der Waals surface area contributed by atoms with Gasteiger partial charge in [-0.25, -0.2) is 0 Å². The van der Waals surface area contributed by atoms with Crippen LogP contribution in [0.5, 0.6) is 0 Å². The Morgan fingerprint density at radius 2 is 1.77 bits per heavy atom. The minimum atomic E-state index is 0.439. The van der Waals surface area contributed by atoms with Crippen molar-refractivity contribution >= 4 is 17.0 Å². The third-order valence-corrected chi connectivity index (χ3v) is 6.11. The molecule has 1 heteroatoms. The molecule has 2 aromatic carbocycles. The lowest BCUT2D eigenvalue weighted by molar-refractivity contribution is 0.752. The Hall–Kier alpha value is -2.80. The molecule has 0 saturated carbocycles. The zero-order valence-electron chi connectivity index (χ0n) is 19.0. The fraction of sp³-hybridized carbons (Fsp3) is 0.310. The summed E-state index contributed by atoms with van der Waals surface area (Å²) in [6.07, 6.45) is 11.5. The van der Waals surface area contributed by atoms with E-state index in [-0.39, 0.29) is 0 Å². The molecule has 1 unspecified atom stereocenters. The highest BCUT2D eigenvalue weighted by Crippen LogP contribution is 2.38. The summed E-state index contributed by atoms with van der Waals surface area (Å²) in [5.41, 5.74) is 11.0. The van der Waals surface area contributed by atoms with Gasteiger partial charge in [0.1, 0.15) is 0 Å². The van der Waals surface area contributed by atoms with Gasteiger partial charge in [0.05, 0.1) is 0 Å². The third kappa shape index (κ3) is 4.51. The highest BCUT2D eigenvalue weighted by Gasteiger charge is 2.20. The molecule has 156 valence electrons. The van der Waals surface area contributed by atoms with Crippen LogP contribution in [0.3, 0.4) is 0 Å². The molecule has 0 heterocycles. The summed E-state index contributed by atoms with van der Waals surface area (Å²) < 4.78 is 0. The standard InChI is InChI=1S/C29H35N/c1-7-24(23-14-10-9-11-15-23)28-19-18-21(5)29(25(28)8-2)30-22(6)27-17-13-12-16-26(27)20(3)4/h10,12-19,24,30H,3,6-9,11H2,1-2,4-5H3. The highest BCUT2D eigenvalue weighted by atomic mass is 14.9. The van der Waals surface area contributed by atoms with Gasteiger partial charge in [-0.3, -0.25) is 0 Å². The summed E-state index contributed by atoms with van der Waals surface area (Å²) in [6, 6.07) is 12.9. The van der Waals surface area contributed by atoms with Crippen LogP contribution in [0.4, 0.5) is 5.69 Å². The topological polar surface area (TPSA) is 12.0 Å². The fourth-order valence-electron chi connectivity index (χ4n) is 4.53. The minimum absolute atomic E-state index is 0.439. The average Bonchev–Trinajstić information content (AvgIpc) is 2.77. The van der Waals surface area contributed by atoms with Crippen LogP contribution < -0.4 is 5.32 Å². The summed E-state index contributed by atoms with van der Waals surface area (Å²) in [4.78, 5) is 0. The zero-order chi connectivity index (χ0) is 21.7. The van der Waals surface area contributed by atoms with Crippen molar-refractivity contribution in [3.63, 3.8) is 0 Å². The molecule has 0 aliphatic heterocycles. The van der Waals surface area contributed by atoms with E-state index in [1.54, 1.807) is 0 Å². The van der Waals surface area contributed by atoms with Gasteiger partial charge in [-0.05, 0) is 67.4 Å². The molecule has 2 aromatic rings. The van der Waals surface area contributed by atoms with Crippen LogP contribution in [0.25, 0.3) is 11.3 Å². The SMILES string of the molecule is C=C(C)c1ccccc1C(=C)Nc1c(C)ccc(C(CC)C2=CCCC=C2)c1CC. The number of rotatable bonds is 8. The zero-order valence-corrected chi connectivity index (χ0v) is 19.0. The second-order valence-electron chi connectivity index (χ2n) is 8.25. The van der Waals surface area contributed by atoms with Gasteiger partial charge >= 0.3 is 0 Å². The predicted molar refractivity (Wildman–Crippen MR) is 134 cm³/mol. The third-order valence-electron chi connectivity index (χ3n) is 6.11. The number of aryl methyl sites for hydroxylation is 1. The van der Waals surface area contributed by atoms with Gasteiger partial charge in [0.25, 0.3) is 0 Å². The molecule has 0 bridgehead atoms. The molecule has 0 amide bonds. The Morgan fingerprint density at radius 1 is 1.03 bits per heavy atom. The Bertz CT molecular complexity index is 1000. The van der Waals surface area contributed by atoms with E-state index in [0.717, 1.165) is 48.1 Å². The van der Waals surface area contributed by atoms with Gasteiger partial charge in [-0.2, -0.15) is 0 Å². The van der Waals surface area contributed by atoms with Crippen molar-refractivity contribution < 1.29 is 0 Å². The van der Waals surface area contributed by atoms with Gasteiger partial charge in [0.15, 0.2) is 0 Å². The molecule has 1 nitrogen and oxygen atoms in total. The number of hydrogen-bond acceptors (Lipinski definition) is 1. The van der Waals surface area contributed by atoms with E-state index in [1.165, 1.54) is 28.0 Å². The lowest BCUT2D eigenvalue weighted by atomic mass is 9.82. The van der Waals surface area contributed by atoms with Crippen LogP contribution in [-0.4, -0.2) is 0 Å². The average molecular weight is 398 g/mol. The maximum atomic E-state index is 4.39. The van der Waals surface area contributed by atoms with E-state index in [0.29, 0.717) is 5.92 Å². The number of allylic oxidation sites excluding steroid dienone is 5. The Kier molecular flexibility index (Phi) is 7.15. The van der Waals surface area contributed by atoms with Crippen LogP contribution in [-0.2, 0) is 6.42 Å². The van der Waals surface area contributed by atoms with Gasteiger partial charge in [-0.1, -0.05) is 87.2 Å². The lowest BCUT2D eigenvalue weighted by Crippen LogP contribution is -2.10. The smallest absolute Gasteiger partial charge is 0.0449 e. The van der Waals surface area contributed by atoms with Crippen molar-refractivity contribution in [3.8, 4) is 0 Å². The first kappa shape index (κ1) is 21.9. The van der Waals surface area contributed by atoms with Crippen molar-refractivity contribution in [1.29, 1.82) is 0 Å². The van der Waals surface area contributed by atoms with E-state index >= 15 is 0 Å². The summed E-state index contributed by atoms with van der Waals surface area (Å²) in [5, 5.41) is 3.69. The first-order valence-electron chi connectivity index (χ1n) is 11.2. The summed E-state index contributed by atoms with van der Waals surface area (Å²) >= 11 is 0. The Morgan fingerprint density at radius 3 is 2.37 bits per heavy atom. The summed E-state index contributed by atoms with van der Waals surface area (Å²) in [5.74, 6) is 0.439. The maximum absolute atomic E-state index is 4.39. The lowest BCUT2D eigenvalue weighted by Gasteiger charge is -2.26. The molecule has 1 N–H and O–H groups in total. The first-order valence-corrected chi connectivity index (χ1v) is 11.2. The van der Waals surface area contributed by atoms with Crippen molar-refractivity contribution in [1.82, 2.24) is 0 Å². The predicted octanol–water partition coefficient (Wildman–Crippen LogP) is 8.44. The van der Waals surface area contributed by atoms with Crippen LogP contribution in [0.15, 0.2) is 73.4 Å². The maximum Gasteiger partial charge on any atom is 0.0449 e. The first-order chi connectivity index (χ1) is 14.5. The van der Waals surface area contributed by atoms with Gasteiger partial charge in [0, 0.05) is 22.9 Å². The molecule has 0 saturated heterocycles. The van der Waals surface area contributed by atoms with Gasteiger partial charge in [0.2, 0.25) is 0 Å². The van der Waals surface area contributed by atoms with E-state index in [2.05, 4.69) is 93.9 Å². The van der Waals surface area contributed by atoms with E-state index in [9.17, 15) is 0 Å². The van der Waals surface area contributed by atoms with E-state index < -0.39 is 0 Å². The number of anilines is 1. The molecule has 0 fully saturated rings. The van der Waals surface area contributed by atoms with Crippen LogP contribution in [0, 0.1) is 6.92 Å². The fourth-order valence-corrected chi connectivity index (χ4v) is 4.53.